The van der Waals surface area contributed by atoms with Crippen LogP contribution >= 0.6 is 23.7 Å². The first-order valence-electron chi connectivity index (χ1n) is 6.30. The smallest absolute Gasteiger partial charge is 0.328 e. The Morgan fingerprint density at radius 3 is 3.10 bits per heavy atom. The molecule has 2 aliphatic rings. The van der Waals surface area contributed by atoms with Crippen molar-refractivity contribution in [2.75, 3.05) is 31.1 Å². The summed E-state index contributed by atoms with van der Waals surface area (Å²) in [5.41, 5.74) is 0.559. The Bertz CT molecular complexity index is 577. The van der Waals surface area contributed by atoms with Gasteiger partial charge in [-0.3, -0.25) is 4.90 Å². The van der Waals surface area contributed by atoms with E-state index < -0.39 is 5.97 Å². The molecule has 3 heterocycles. The summed E-state index contributed by atoms with van der Waals surface area (Å²) in [6, 6.07) is 0.178. The second-order valence-electron chi connectivity index (χ2n) is 4.67. The number of thiazole rings is 1. The van der Waals surface area contributed by atoms with Gasteiger partial charge in [-0.05, 0) is 6.08 Å². The lowest BCUT2D eigenvalue weighted by atomic mass is 10.2. The normalized spacial score (nSPS) is 21.5. The van der Waals surface area contributed by atoms with Crippen LogP contribution < -0.4 is 10.2 Å². The molecule has 2 N–H and O–H groups in total. The number of fused-ring (bicyclic) bond motifs is 1. The van der Waals surface area contributed by atoms with E-state index in [-0.39, 0.29) is 24.5 Å². The number of hydrogen-bond donors (Lipinski definition) is 2. The molecule has 0 unspecified atom stereocenters. The lowest BCUT2D eigenvalue weighted by Crippen LogP contribution is -2.49. The Morgan fingerprint density at radius 1 is 1.57 bits per heavy atom. The van der Waals surface area contributed by atoms with Crippen LogP contribution in [0.2, 0.25) is 0 Å². The number of carboxylic acid groups (broad SMARTS) is 1. The number of carbonyl (C=O) groups is 2. The molecule has 2 amide bonds. The number of urea groups is 1. The lowest BCUT2D eigenvalue weighted by molar-refractivity contribution is -0.131. The molecule has 0 aromatic carbocycles. The molecule has 0 aliphatic carbocycles. The first-order valence-corrected chi connectivity index (χ1v) is 7.18. The van der Waals surface area contributed by atoms with Gasteiger partial charge in [0.25, 0.3) is 0 Å². The van der Waals surface area contributed by atoms with Crippen LogP contribution in [0.3, 0.4) is 0 Å². The number of rotatable bonds is 3. The fraction of sp³-hybridized carbons (Fsp3) is 0.417. The van der Waals surface area contributed by atoms with Gasteiger partial charge in [-0.2, -0.15) is 0 Å². The highest BCUT2D eigenvalue weighted by atomic mass is 35.5. The third-order valence-electron chi connectivity index (χ3n) is 3.36. The van der Waals surface area contributed by atoms with Crippen molar-refractivity contribution in [2.24, 2.45) is 0 Å². The summed E-state index contributed by atoms with van der Waals surface area (Å²) in [7, 11) is 0. The zero-order valence-corrected chi connectivity index (χ0v) is 12.7. The summed E-state index contributed by atoms with van der Waals surface area (Å²) < 4.78 is 0. The third kappa shape index (κ3) is 3.17. The Balaban J connectivity index is 0.00000161. The molecular weight excluding hydrogens is 316 g/mol. The summed E-state index contributed by atoms with van der Waals surface area (Å²) in [4.78, 5) is 30.6. The minimum Gasteiger partial charge on any atom is -0.478 e. The average Bonchev–Trinajstić information content (AvgIpc) is 3.02. The number of nitrogens with zero attached hydrogens (tertiary/aromatic N) is 3. The Kier molecular flexibility index (Phi) is 4.81. The van der Waals surface area contributed by atoms with Gasteiger partial charge in [-0.25, -0.2) is 14.6 Å². The maximum Gasteiger partial charge on any atom is 0.328 e. The van der Waals surface area contributed by atoms with Crippen LogP contribution in [0.1, 0.15) is 5.69 Å². The van der Waals surface area contributed by atoms with E-state index in [2.05, 4.69) is 10.3 Å². The van der Waals surface area contributed by atoms with Gasteiger partial charge in [0, 0.05) is 31.1 Å². The van der Waals surface area contributed by atoms with Gasteiger partial charge in [-0.15, -0.1) is 23.7 Å². The molecule has 2 saturated heterocycles. The van der Waals surface area contributed by atoms with Crippen LogP contribution in [-0.4, -0.2) is 59.2 Å². The fourth-order valence-corrected chi connectivity index (χ4v) is 3.21. The van der Waals surface area contributed by atoms with Crippen molar-refractivity contribution in [1.29, 1.82) is 0 Å². The second kappa shape index (κ2) is 6.42. The Labute approximate surface area is 131 Å². The molecular formula is C12H15ClN4O3S. The minimum atomic E-state index is -1.01. The largest absolute Gasteiger partial charge is 0.478 e. The lowest BCUT2D eigenvalue weighted by Gasteiger charge is -2.28. The SMILES string of the molecule is Cl.O=C(O)/C=C/c1csc(N2C[C@@H]3CNCCN3C2=O)n1. The van der Waals surface area contributed by atoms with E-state index in [1.807, 2.05) is 4.90 Å². The van der Waals surface area contributed by atoms with E-state index in [9.17, 15) is 9.59 Å². The summed E-state index contributed by atoms with van der Waals surface area (Å²) in [6.07, 6.45) is 2.47. The quantitative estimate of drug-likeness (QED) is 0.803. The molecule has 1 atom stereocenters. The van der Waals surface area contributed by atoms with Crippen molar-refractivity contribution in [1.82, 2.24) is 15.2 Å². The zero-order chi connectivity index (χ0) is 14.1. The van der Waals surface area contributed by atoms with E-state index in [1.165, 1.54) is 17.4 Å². The monoisotopic (exact) mass is 330 g/mol. The van der Waals surface area contributed by atoms with Crippen molar-refractivity contribution >= 4 is 47.0 Å². The number of nitrogens with one attached hydrogen (secondary N) is 1. The van der Waals surface area contributed by atoms with Crippen LogP contribution in [0.15, 0.2) is 11.5 Å². The van der Waals surface area contributed by atoms with Crippen molar-refractivity contribution in [2.45, 2.75) is 6.04 Å². The number of hydrogen-bond acceptors (Lipinski definition) is 5. The van der Waals surface area contributed by atoms with Gasteiger partial charge < -0.3 is 15.3 Å². The highest BCUT2D eigenvalue weighted by Gasteiger charge is 2.40. The molecule has 0 bridgehead atoms. The van der Waals surface area contributed by atoms with Crippen LogP contribution in [0.5, 0.6) is 0 Å². The maximum atomic E-state index is 12.3. The van der Waals surface area contributed by atoms with Crippen LogP contribution in [0, 0.1) is 0 Å². The topological polar surface area (TPSA) is 85.8 Å². The molecule has 21 heavy (non-hydrogen) atoms. The third-order valence-corrected chi connectivity index (χ3v) is 4.24. The van der Waals surface area contributed by atoms with Gasteiger partial charge >= 0.3 is 12.0 Å². The van der Waals surface area contributed by atoms with Gasteiger partial charge in [0.05, 0.1) is 18.3 Å². The number of carboxylic acids is 1. The molecule has 9 heteroatoms. The number of anilines is 1. The van der Waals surface area contributed by atoms with E-state index in [0.29, 0.717) is 17.4 Å². The van der Waals surface area contributed by atoms with E-state index in [0.717, 1.165) is 25.7 Å². The summed E-state index contributed by atoms with van der Waals surface area (Å²) in [6.45, 7) is 2.97. The van der Waals surface area contributed by atoms with Crippen molar-refractivity contribution in [3.8, 4) is 0 Å². The Hall–Kier alpha value is -1.64. The van der Waals surface area contributed by atoms with Gasteiger partial charge in [-0.1, -0.05) is 0 Å². The standard InChI is InChI=1S/C12H14N4O3S.ClH/c17-10(18)2-1-8-7-20-11(14-8)16-6-9-5-13-3-4-15(9)12(16)19;/h1-2,7,9,13H,3-6H2,(H,17,18);1H/b2-1+;/t9-;/m0./s1. The van der Waals surface area contributed by atoms with Crippen molar-refractivity contribution in [3.05, 3.63) is 17.2 Å². The number of aromatic nitrogens is 1. The maximum absolute atomic E-state index is 12.3. The number of piperazine rings is 1. The highest BCUT2D eigenvalue weighted by Crippen LogP contribution is 2.28. The number of carbonyl (C=O) groups excluding carboxylic acids is 1. The van der Waals surface area contributed by atoms with Crippen molar-refractivity contribution in [3.63, 3.8) is 0 Å². The zero-order valence-electron chi connectivity index (χ0n) is 11.1. The molecule has 0 spiro atoms. The molecule has 3 rings (SSSR count). The molecule has 1 aromatic heterocycles. The summed E-state index contributed by atoms with van der Waals surface area (Å²) in [5.74, 6) is -1.01. The molecule has 0 radical (unpaired) electrons. The number of aliphatic carboxylic acids is 1. The van der Waals surface area contributed by atoms with Crippen LogP contribution in [0.25, 0.3) is 6.08 Å². The number of halogens is 1. The number of amides is 2. The molecule has 2 aliphatic heterocycles. The van der Waals surface area contributed by atoms with E-state index in [1.54, 1.807) is 10.3 Å². The molecule has 0 saturated carbocycles. The molecule has 1 aromatic rings. The van der Waals surface area contributed by atoms with Crippen LogP contribution in [-0.2, 0) is 4.79 Å². The Morgan fingerprint density at radius 2 is 2.38 bits per heavy atom. The summed E-state index contributed by atoms with van der Waals surface area (Å²) >= 11 is 1.35. The second-order valence-corrected chi connectivity index (χ2v) is 5.51. The predicted molar refractivity (Wildman–Crippen MR) is 82.1 cm³/mol. The highest BCUT2D eigenvalue weighted by molar-refractivity contribution is 7.14. The van der Waals surface area contributed by atoms with Gasteiger partial charge in [0.1, 0.15) is 0 Å². The molecule has 2 fully saturated rings. The average molecular weight is 331 g/mol. The fourth-order valence-electron chi connectivity index (χ4n) is 2.41. The van der Waals surface area contributed by atoms with Crippen molar-refractivity contribution < 1.29 is 14.7 Å². The first-order chi connectivity index (χ1) is 9.65. The first kappa shape index (κ1) is 15.7. The van der Waals surface area contributed by atoms with Gasteiger partial charge in [0.2, 0.25) is 0 Å². The molecule has 7 nitrogen and oxygen atoms in total. The molecule has 114 valence electrons. The minimum absolute atomic E-state index is 0. The van der Waals surface area contributed by atoms with E-state index >= 15 is 0 Å². The van der Waals surface area contributed by atoms with Gasteiger partial charge in [0.15, 0.2) is 5.13 Å². The van der Waals surface area contributed by atoms with Crippen LogP contribution in [0.4, 0.5) is 9.93 Å². The predicted octanol–water partition coefficient (Wildman–Crippen LogP) is 0.876. The summed E-state index contributed by atoms with van der Waals surface area (Å²) in [5, 5.41) is 14.2. The van der Waals surface area contributed by atoms with E-state index in [4.69, 9.17) is 5.11 Å².